The van der Waals surface area contributed by atoms with Crippen molar-refractivity contribution in [3.63, 3.8) is 0 Å². The third-order valence-electron chi connectivity index (χ3n) is 8.67. The molecule has 0 bridgehead atoms. The Hall–Kier alpha value is -4.68. The molecule has 0 nitrogen and oxygen atoms in total. The van der Waals surface area contributed by atoms with Crippen molar-refractivity contribution < 1.29 is 0 Å². The van der Waals surface area contributed by atoms with Crippen molar-refractivity contribution in [1.29, 1.82) is 0 Å². The smallest absolute Gasteiger partial charge is 0.0719 e. The summed E-state index contributed by atoms with van der Waals surface area (Å²) in [6.07, 6.45) is 18.9. The maximum absolute atomic E-state index is 4.18. The van der Waals surface area contributed by atoms with E-state index in [-0.39, 0.29) is 5.41 Å². The first-order chi connectivity index (χ1) is 20.0. The molecule has 4 aromatic carbocycles. The van der Waals surface area contributed by atoms with E-state index in [1.807, 2.05) is 31.2 Å². The molecule has 0 atom stereocenters. The van der Waals surface area contributed by atoms with Gasteiger partial charge < -0.3 is 0 Å². The standard InChI is InChI=1S/C41H36/c1-5-7-8-9-10-18-30-25-27-31(28-26-30)29-33-32-19-11-12-20-35(32)41(34(33)17-6-2)38-23-15-13-21-36(38)40(3,4)37-22-14-16-24-39(37)41/h5-29H,2H2,1,3-4H3/b7-5-,9-8-,18-10+,33-29-,34-17+. The monoisotopic (exact) mass is 528 g/mol. The molecule has 0 aromatic heterocycles. The summed E-state index contributed by atoms with van der Waals surface area (Å²) >= 11 is 0. The highest BCUT2D eigenvalue weighted by atomic mass is 14.6. The van der Waals surface area contributed by atoms with Crippen LogP contribution in [0.3, 0.4) is 0 Å². The molecule has 0 unspecified atom stereocenters. The van der Waals surface area contributed by atoms with E-state index < -0.39 is 5.41 Å². The molecule has 0 heteroatoms. The molecule has 0 saturated heterocycles. The van der Waals surface area contributed by atoms with Crippen LogP contribution in [0.2, 0.25) is 0 Å². The predicted octanol–water partition coefficient (Wildman–Crippen LogP) is 10.5. The Morgan fingerprint density at radius 1 is 0.585 bits per heavy atom. The highest BCUT2D eigenvalue weighted by Crippen LogP contribution is 2.63. The van der Waals surface area contributed by atoms with Gasteiger partial charge in [-0.05, 0) is 68.7 Å². The minimum Gasteiger partial charge on any atom is -0.0991 e. The normalized spacial score (nSPS) is 18.4. The molecular formula is C41H36. The lowest BCUT2D eigenvalue weighted by Crippen LogP contribution is -2.40. The highest BCUT2D eigenvalue weighted by Gasteiger charge is 2.54. The van der Waals surface area contributed by atoms with E-state index in [0.717, 1.165) is 0 Å². The minimum atomic E-state index is -0.415. The fourth-order valence-electron chi connectivity index (χ4n) is 6.88. The largest absolute Gasteiger partial charge is 0.0991 e. The Bertz CT molecular complexity index is 1710. The molecule has 1 spiro atoms. The Balaban J connectivity index is 1.57. The number of fused-ring (bicyclic) bond motifs is 6. The van der Waals surface area contributed by atoms with Gasteiger partial charge in [-0.15, -0.1) is 0 Å². The van der Waals surface area contributed by atoms with Gasteiger partial charge in [0.2, 0.25) is 0 Å². The third-order valence-corrected chi connectivity index (χ3v) is 8.67. The number of hydrogen-bond acceptors (Lipinski definition) is 0. The second-order valence-electron chi connectivity index (χ2n) is 11.3. The highest BCUT2D eigenvalue weighted by molar-refractivity contribution is 6.02. The van der Waals surface area contributed by atoms with Crippen LogP contribution in [0.5, 0.6) is 0 Å². The van der Waals surface area contributed by atoms with E-state index in [1.54, 1.807) is 0 Å². The fraction of sp³-hybridized carbons (Fsp3) is 0.122. The molecule has 41 heavy (non-hydrogen) atoms. The van der Waals surface area contributed by atoms with E-state index >= 15 is 0 Å². The van der Waals surface area contributed by atoms with Crippen LogP contribution in [0.1, 0.15) is 65.3 Å². The maximum atomic E-state index is 4.18. The van der Waals surface area contributed by atoms with Crippen molar-refractivity contribution in [1.82, 2.24) is 0 Å². The quantitative estimate of drug-likeness (QED) is 0.226. The van der Waals surface area contributed by atoms with E-state index in [0.29, 0.717) is 0 Å². The summed E-state index contributed by atoms with van der Waals surface area (Å²) in [4.78, 5) is 0. The third kappa shape index (κ3) is 4.23. The Labute approximate surface area is 245 Å². The summed E-state index contributed by atoms with van der Waals surface area (Å²) in [5.74, 6) is 0. The van der Waals surface area contributed by atoms with Gasteiger partial charge >= 0.3 is 0 Å². The average Bonchev–Trinajstić information content (AvgIpc) is 3.27. The SMILES string of the molecule is C=C/C=C1\C(=C/c2ccc(/C=C/C=C\C=C/C)cc2)c2ccccc2C12c1ccccc1C(C)(C)c1ccccc12. The minimum absolute atomic E-state index is 0.107. The Morgan fingerprint density at radius 2 is 1.12 bits per heavy atom. The molecule has 0 aliphatic heterocycles. The molecule has 2 aliphatic rings. The van der Waals surface area contributed by atoms with Crippen LogP contribution in [0.4, 0.5) is 0 Å². The van der Waals surface area contributed by atoms with Crippen molar-refractivity contribution in [3.8, 4) is 0 Å². The van der Waals surface area contributed by atoms with E-state index in [2.05, 4.69) is 148 Å². The van der Waals surface area contributed by atoms with Crippen LogP contribution < -0.4 is 0 Å². The van der Waals surface area contributed by atoms with Gasteiger partial charge in [-0.25, -0.2) is 0 Å². The molecule has 200 valence electrons. The van der Waals surface area contributed by atoms with Gasteiger partial charge in [0.05, 0.1) is 5.41 Å². The molecule has 0 N–H and O–H groups in total. The van der Waals surface area contributed by atoms with Crippen LogP contribution in [-0.4, -0.2) is 0 Å². The van der Waals surface area contributed by atoms with Crippen LogP contribution in [-0.2, 0) is 10.8 Å². The zero-order chi connectivity index (χ0) is 28.5. The van der Waals surface area contributed by atoms with Gasteiger partial charge in [0, 0.05) is 5.41 Å². The average molecular weight is 529 g/mol. The summed E-state index contributed by atoms with van der Waals surface area (Å²) in [6, 6.07) is 35.9. The van der Waals surface area contributed by atoms with Gasteiger partial charge in [-0.2, -0.15) is 0 Å². The van der Waals surface area contributed by atoms with Crippen molar-refractivity contribution >= 4 is 17.7 Å². The molecule has 2 aliphatic carbocycles. The first-order valence-electron chi connectivity index (χ1n) is 14.4. The van der Waals surface area contributed by atoms with Crippen molar-refractivity contribution in [2.45, 2.75) is 31.6 Å². The second kappa shape index (κ2) is 10.7. The van der Waals surface area contributed by atoms with Crippen molar-refractivity contribution in [3.05, 3.63) is 196 Å². The second-order valence-corrected chi connectivity index (χ2v) is 11.3. The summed E-state index contributed by atoms with van der Waals surface area (Å²) in [6.45, 7) is 10.9. The van der Waals surface area contributed by atoms with Crippen molar-refractivity contribution in [2.75, 3.05) is 0 Å². The topological polar surface area (TPSA) is 0 Å². The molecular weight excluding hydrogens is 492 g/mol. The lowest BCUT2D eigenvalue weighted by Gasteiger charge is -2.46. The van der Waals surface area contributed by atoms with Crippen LogP contribution >= 0.6 is 0 Å². The lowest BCUT2D eigenvalue weighted by molar-refractivity contribution is 0.563. The van der Waals surface area contributed by atoms with Gasteiger partial charge in [0.15, 0.2) is 0 Å². The van der Waals surface area contributed by atoms with Crippen LogP contribution in [0.15, 0.2) is 152 Å². The Kier molecular flexibility index (Phi) is 6.93. The summed E-state index contributed by atoms with van der Waals surface area (Å²) < 4.78 is 0. The van der Waals surface area contributed by atoms with Crippen LogP contribution in [0.25, 0.3) is 17.7 Å². The molecule has 0 saturated carbocycles. The molecule has 0 amide bonds. The zero-order valence-electron chi connectivity index (χ0n) is 24.1. The van der Waals surface area contributed by atoms with Gasteiger partial charge in [0.1, 0.15) is 0 Å². The zero-order valence-corrected chi connectivity index (χ0v) is 24.1. The van der Waals surface area contributed by atoms with Crippen molar-refractivity contribution in [2.24, 2.45) is 0 Å². The number of hydrogen-bond donors (Lipinski definition) is 0. The first-order valence-corrected chi connectivity index (χ1v) is 14.4. The molecule has 4 aromatic rings. The number of allylic oxidation sites excluding steroid dienone is 9. The molecule has 0 radical (unpaired) electrons. The Morgan fingerprint density at radius 3 is 1.73 bits per heavy atom. The molecule has 6 rings (SSSR count). The maximum Gasteiger partial charge on any atom is 0.0719 e. The van der Waals surface area contributed by atoms with Gasteiger partial charge in [-0.1, -0.05) is 166 Å². The summed E-state index contributed by atoms with van der Waals surface area (Å²) in [5, 5.41) is 0. The first kappa shape index (κ1) is 26.5. The summed E-state index contributed by atoms with van der Waals surface area (Å²) in [5.41, 5.74) is 12.5. The van der Waals surface area contributed by atoms with E-state index in [4.69, 9.17) is 0 Å². The van der Waals surface area contributed by atoms with E-state index in [1.165, 1.54) is 55.7 Å². The number of benzene rings is 4. The number of rotatable bonds is 5. The fourth-order valence-corrected chi connectivity index (χ4v) is 6.88. The molecule has 0 heterocycles. The van der Waals surface area contributed by atoms with Crippen LogP contribution in [0, 0.1) is 0 Å². The van der Waals surface area contributed by atoms with E-state index in [9.17, 15) is 0 Å². The summed E-state index contributed by atoms with van der Waals surface area (Å²) in [7, 11) is 0. The molecule has 0 fully saturated rings. The predicted molar refractivity (Wildman–Crippen MR) is 177 cm³/mol. The van der Waals surface area contributed by atoms with Gasteiger partial charge in [0.25, 0.3) is 0 Å². The lowest BCUT2D eigenvalue weighted by atomic mass is 9.55. The van der Waals surface area contributed by atoms with Gasteiger partial charge in [-0.3, -0.25) is 0 Å².